The average molecular weight is 1540 g/mol. The van der Waals surface area contributed by atoms with Gasteiger partial charge in [-0.05, 0) is 61.0 Å². The van der Waals surface area contributed by atoms with Crippen molar-refractivity contribution in [3.05, 3.63) is 26.4 Å². The van der Waals surface area contributed by atoms with E-state index in [2.05, 4.69) is 0 Å². The largest absolute Gasteiger partial charge is 0.600 e. The van der Waals surface area contributed by atoms with E-state index in [1.807, 2.05) is 0 Å². The molecule has 11 heterocycles. The molecular weight excluding hydrogens is 1440 g/mol. The molecule has 2 spiro atoms. The number of halogens is 2. The van der Waals surface area contributed by atoms with E-state index in [9.17, 15) is 45.8 Å². The van der Waals surface area contributed by atoms with E-state index in [-0.39, 0.29) is 73.0 Å². The summed E-state index contributed by atoms with van der Waals surface area (Å²) in [5, 5.41) is 92.8. The molecule has 0 amide bonds. The van der Waals surface area contributed by atoms with Crippen LogP contribution in [0.3, 0.4) is 0 Å². The van der Waals surface area contributed by atoms with Crippen molar-refractivity contribution in [1.82, 2.24) is 0 Å². The maximum atomic E-state index is 14.1. The lowest BCUT2D eigenvalue weighted by Gasteiger charge is -2.50. The lowest BCUT2D eigenvalue weighted by molar-refractivity contribution is -1.09. The van der Waals surface area contributed by atoms with Crippen LogP contribution in [0.1, 0.15) is 83.7 Å². The Kier molecular flexibility index (Phi) is 24.9. The molecule has 37 nitrogen and oxygen atoms in total. The number of phenols is 1. The zero-order chi connectivity index (χ0) is 75.2. The van der Waals surface area contributed by atoms with Gasteiger partial charge in [0.1, 0.15) is 126 Å². The third-order valence-corrected chi connectivity index (χ3v) is 22.8. The van der Waals surface area contributed by atoms with Crippen LogP contribution in [-0.2, 0) is 123 Å². The van der Waals surface area contributed by atoms with Crippen molar-refractivity contribution in [1.29, 1.82) is 0 Å². The third-order valence-electron chi connectivity index (χ3n) is 22.0. The van der Waals surface area contributed by atoms with Gasteiger partial charge in [0.25, 0.3) is 5.97 Å². The molecule has 11 saturated heterocycles. The van der Waals surface area contributed by atoms with Crippen molar-refractivity contribution in [2.45, 2.75) is 288 Å². The first-order valence-corrected chi connectivity index (χ1v) is 35.3. The summed E-state index contributed by atoms with van der Waals surface area (Å²) in [6, 6.07) is 0. The number of hydroxylamine groups is 2. The third kappa shape index (κ3) is 14.6. The zero-order valence-corrected chi connectivity index (χ0v) is 61.7. The lowest BCUT2D eigenvalue weighted by atomic mass is 9.85. The number of fused-ring (bicyclic) bond motifs is 4. The van der Waals surface area contributed by atoms with Gasteiger partial charge in [-0.3, -0.25) is 0 Å². The van der Waals surface area contributed by atoms with Crippen molar-refractivity contribution in [2.24, 2.45) is 0 Å². The minimum absolute atomic E-state index is 0.0904. The van der Waals surface area contributed by atoms with Crippen LogP contribution in [0.5, 0.6) is 11.5 Å². The highest BCUT2D eigenvalue weighted by atomic mass is 35.5. The van der Waals surface area contributed by atoms with Crippen LogP contribution in [0.25, 0.3) is 0 Å². The van der Waals surface area contributed by atoms with Gasteiger partial charge < -0.3 is 164 Å². The van der Waals surface area contributed by atoms with E-state index in [0.717, 1.165) is 0 Å². The molecular formula is C65H99Cl2NO36. The summed E-state index contributed by atoms with van der Waals surface area (Å²) in [5.74, 6) is -5.58. The SMILES string of the molecule is COCC1OC(OC2OCC3OC4(OCC(O)(C(C)OC)C5OCOC54)OC3C2OC)C(OC)C(O)C1OC1OC(C)C(OC)C(OC2OC(C)C3OC4(CC(O)C(OC5CC(OC6CC(C)([NH+]([O-])O)C(OC)C(C)O6)C(OC(=O)c6c(C)c(Cl)c(O)c(Cl)c6OC)CO5)C(C)O4)OC3(C)C2O)C1O. The summed E-state index contributed by atoms with van der Waals surface area (Å²) >= 11 is 12.7. The summed E-state index contributed by atoms with van der Waals surface area (Å²) in [6.45, 7) is 11.6. The number of nitrogens with one attached hydrogen (secondary N) is 1. The van der Waals surface area contributed by atoms with Crippen LogP contribution < -0.4 is 9.96 Å². The molecule has 0 aromatic heterocycles. The van der Waals surface area contributed by atoms with Crippen molar-refractivity contribution >= 4 is 29.2 Å². The van der Waals surface area contributed by atoms with E-state index in [0.29, 0.717) is 0 Å². The van der Waals surface area contributed by atoms with E-state index >= 15 is 0 Å². The number of aromatic hydroxyl groups is 1. The first-order valence-electron chi connectivity index (χ1n) is 34.5. The van der Waals surface area contributed by atoms with Gasteiger partial charge in [-0.1, -0.05) is 23.2 Å². The van der Waals surface area contributed by atoms with Gasteiger partial charge in [0.2, 0.25) is 0 Å². The fourth-order valence-electron chi connectivity index (χ4n) is 16.3. The second-order valence-electron chi connectivity index (χ2n) is 28.5. The molecule has 11 aliphatic heterocycles. The maximum absolute atomic E-state index is 14.1. The number of benzene rings is 1. The Morgan fingerprint density at radius 1 is 0.673 bits per heavy atom. The van der Waals surface area contributed by atoms with Crippen LogP contribution in [-0.4, -0.2) is 338 Å². The topological polar surface area (TPSA) is 435 Å². The summed E-state index contributed by atoms with van der Waals surface area (Å²) < 4.78 is 166. The molecule has 11 fully saturated rings. The Bertz CT molecular complexity index is 3090. The fraction of sp³-hybridized carbons (Fsp3) is 0.892. The quantitative estimate of drug-likeness (QED) is 0.0501. The average Bonchev–Trinajstić information content (AvgIpc) is 1.56. The fourth-order valence-corrected chi connectivity index (χ4v) is 16.8. The van der Waals surface area contributed by atoms with E-state index in [4.69, 9.17) is 151 Å². The molecule has 0 bridgehead atoms. The first-order chi connectivity index (χ1) is 49.3. The number of ether oxygens (including phenoxy) is 27. The monoisotopic (exact) mass is 1540 g/mol. The van der Waals surface area contributed by atoms with Crippen LogP contribution in [0.2, 0.25) is 10.0 Å². The summed E-state index contributed by atoms with van der Waals surface area (Å²) in [5.41, 5.74) is -4.92. The van der Waals surface area contributed by atoms with Crippen molar-refractivity contribution in [3.8, 4) is 11.5 Å². The number of aliphatic hydroxyl groups is 5. The summed E-state index contributed by atoms with van der Waals surface area (Å²) in [7, 11) is 9.58. The normalized spacial score (nSPS) is 48.7. The zero-order valence-electron chi connectivity index (χ0n) is 60.2. The van der Waals surface area contributed by atoms with Gasteiger partial charge in [-0.15, -0.1) is 0 Å². The molecule has 0 radical (unpaired) electrons. The molecule has 594 valence electrons. The standard InChI is InChI=1S/C65H99Cl2NO36/c1-24-37(47(81-12)39(67)40(70)38(24)66)56(74)94-32-20-85-35(16-31(32)93-36-18-61(7,68(76)77)52(84-15)27(4)90-36)96-43-26(3)100-64(17-30(43)69)103-53-28(5)92-60(51(73)62(53,8)104-64)98-48-42(72)57(91-25(2)44(48)80-11)97-45-33(19-78-9)95-59(49(82-13)41(45)71)99-58-50(83-14)46-34(21-86-58)101-65(102-46)55-54(87-23-88-55)63(75,22-89-65)29(6)79-10/h25-36,41-46,48-55,57-60,68-73,75-76H,16-23H2,1-15H3. The molecule has 36 unspecified atom stereocenters. The van der Waals surface area contributed by atoms with Crippen molar-refractivity contribution < 1.29 is 174 Å². The molecule has 39 heteroatoms. The molecule has 12 rings (SSSR count). The van der Waals surface area contributed by atoms with E-state index in [1.54, 1.807) is 41.5 Å². The minimum atomic E-state index is -2.03. The lowest BCUT2D eigenvalue weighted by Crippen LogP contribution is -3.16. The number of carbonyl (C=O) groups is 1. The minimum Gasteiger partial charge on any atom is -0.600 e. The highest BCUT2D eigenvalue weighted by molar-refractivity contribution is 6.39. The Hall–Kier alpha value is -2.45. The predicted molar refractivity (Wildman–Crippen MR) is 340 cm³/mol. The maximum Gasteiger partial charge on any atom is 0.342 e. The Morgan fingerprint density at radius 3 is 2.04 bits per heavy atom. The van der Waals surface area contributed by atoms with E-state index < -0.39 is 236 Å². The smallest absolute Gasteiger partial charge is 0.342 e. The molecule has 8 N–H and O–H groups in total. The molecule has 1 aromatic carbocycles. The summed E-state index contributed by atoms with van der Waals surface area (Å²) in [4.78, 5) is 14.1. The molecule has 11 aliphatic rings. The number of carbonyl (C=O) groups excluding carboxylic acids is 1. The van der Waals surface area contributed by atoms with Gasteiger partial charge >= 0.3 is 11.9 Å². The first kappa shape index (κ1) is 81.1. The highest BCUT2D eigenvalue weighted by Crippen LogP contribution is 2.53. The molecule has 0 saturated carbocycles. The van der Waals surface area contributed by atoms with Crippen molar-refractivity contribution in [3.63, 3.8) is 0 Å². The van der Waals surface area contributed by atoms with Crippen LogP contribution in [0.4, 0.5) is 0 Å². The molecule has 0 aliphatic carbocycles. The number of rotatable bonds is 22. The van der Waals surface area contributed by atoms with Crippen LogP contribution in [0.15, 0.2) is 0 Å². The number of esters is 1. The van der Waals surface area contributed by atoms with Gasteiger partial charge in [-0.2, -0.15) is 0 Å². The van der Waals surface area contributed by atoms with Crippen LogP contribution in [0, 0.1) is 12.1 Å². The van der Waals surface area contributed by atoms with Gasteiger partial charge in [0, 0.05) is 49.1 Å². The molecule has 1 aromatic rings. The number of phenolic OH excluding ortho intramolecular Hbond substituents is 1. The second-order valence-corrected chi connectivity index (χ2v) is 29.2. The van der Waals surface area contributed by atoms with Crippen LogP contribution >= 0.6 is 23.2 Å². The highest BCUT2D eigenvalue weighted by Gasteiger charge is 2.72. The Balaban J connectivity index is 0.692. The Morgan fingerprint density at radius 2 is 1.38 bits per heavy atom. The number of hydrogen-bond acceptors (Lipinski definition) is 36. The van der Waals surface area contributed by atoms with Gasteiger partial charge in [0.05, 0.1) is 88.0 Å². The van der Waals surface area contributed by atoms with Gasteiger partial charge in [-0.25, -0.2) is 15.2 Å². The number of hydrogen-bond donors (Lipinski definition) is 8. The van der Waals surface area contributed by atoms with Gasteiger partial charge in [0.15, 0.2) is 67.0 Å². The molecule has 36 atom stereocenters. The number of aliphatic hydroxyl groups excluding tert-OH is 4. The second kappa shape index (κ2) is 32.0. The van der Waals surface area contributed by atoms with E-state index in [1.165, 1.54) is 63.6 Å². The molecule has 104 heavy (non-hydrogen) atoms. The number of quaternary nitrogens is 1. The Labute approximate surface area is 609 Å². The predicted octanol–water partition coefficient (Wildman–Crippen LogP) is -1.16. The number of methoxy groups -OCH3 is 7. The summed E-state index contributed by atoms with van der Waals surface area (Å²) in [6.07, 6.45) is -36.2. The van der Waals surface area contributed by atoms with Crippen molar-refractivity contribution in [2.75, 3.05) is 83.0 Å².